The van der Waals surface area contributed by atoms with Crippen LogP contribution in [0.1, 0.15) is 12.7 Å². The number of benzene rings is 1. The Morgan fingerprint density at radius 1 is 1.23 bits per heavy atom. The lowest BCUT2D eigenvalue weighted by Crippen LogP contribution is -2.53. The van der Waals surface area contributed by atoms with Gasteiger partial charge in [0.1, 0.15) is 24.5 Å². The molecule has 1 aromatic carbocycles. The van der Waals surface area contributed by atoms with Gasteiger partial charge in [-0.2, -0.15) is 0 Å². The van der Waals surface area contributed by atoms with Crippen LogP contribution in [0.25, 0.3) is 0 Å². The van der Waals surface area contributed by atoms with Crippen LogP contribution in [0.4, 0.5) is 10.1 Å². The second kappa shape index (κ2) is 10.7. The fourth-order valence-corrected chi connectivity index (χ4v) is 3.45. The quantitative estimate of drug-likeness (QED) is 0.518. The van der Waals surface area contributed by atoms with Crippen molar-refractivity contribution in [2.45, 2.75) is 19.9 Å². The molecule has 0 spiro atoms. The number of anilines is 1. The maximum Gasteiger partial charge on any atom is 0.243 e. The highest BCUT2D eigenvalue weighted by Crippen LogP contribution is 2.20. The van der Waals surface area contributed by atoms with E-state index in [9.17, 15) is 9.18 Å². The average molecular weight is 431 g/mol. The largest absolute Gasteiger partial charge is 0.366 e. The Hall–Kier alpha value is -3.17. The van der Waals surface area contributed by atoms with Crippen LogP contribution in [-0.2, 0) is 17.8 Å². The zero-order chi connectivity index (χ0) is 22.2. The molecule has 2 aromatic rings. The number of likely N-dealkylation sites (N-methyl/N-ethyl adjacent to an activating group) is 1. The number of hydrogen-bond acceptors (Lipinski definition) is 5. The van der Waals surface area contributed by atoms with Gasteiger partial charge >= 0.3 is 0 Å². The number of para-hydroxylation sites is 1. The summed E-state index contributed by atoms with van der Waals surface area (Å²) in [7, 11) is 3.44. The number of carbonyl (C=O) groups is 1. The molecule has 1 aromatic heterocycles. The molecule has 1 aliphatic rings. The van der Waals surface area contributed by atoms with Crippen molar-refractivity contribution in [3.05, 3.63) is 42.2 Å². The molecule has 9 nitrogen and oxygen atoms in total. The SMILES string of the molecule is CCc1nncn1CCNC(=NCC(=O)N(C)C)N1CCN(c2ccccc2F)CC1. The van der Waals surface area contributed by atoms with Crippen LogP contribution in [0.2, 0.25) is 0 Å². The second-order valence-electron chi connectivity index (χ2n) is 7.57. The van der Waals surface area contributed by atoms with E-state index in [0.717, 1.165) is 12.2 Å². The molecule has 0 saturated carbocycles. The smallest absolute Gasteiger partial charge is 0.243 e. The summed E-state index contributed by atoms with van der Waals surface area (Å²) in [5.41, 5.74) is 0.621. The lowest BCUT2D eigenvalue weighted by atomic mass is 10.2. The average Bonchev–Trinajstić information content (AvgIpc) is 3.24. The number of hydrogen-bond donors (Lipinski definition) is 1. The Morgan fingerprint density at radius 3 is 2.65 bits per heavy atom. The van der Waals surface area contributed by atoms with Crippen LogP contribution in [0.3, 0.4) is 0 Å². The highest BCUT2D eigenvalue weighted by Gasteiger charge is 2.22. The van der Waals surface area contributed by atoms with Gasteiger partial charge in [0.05, 0.1) is 5.69 Å². The highest BCUT2D eigenvalue weighted by molar-refractivity contribution is 5.85. The minimum atomic E-state index is -0.208. The zero-order valence-corrected chi connectivity index (χ0v) is 18.5. The van der Waals surface area contributed by atoms with Crippen molar-refractivity contribution in [2.24, 2.45) is 4.99 Å². The second-order valence-corrected chi connectivity index (χ2v) is 7.57. The van der Waals surface area contributed by atoms with Crippen LogP contribution >= 0.6 is 0 Å². The number of piperazine rings is 1. The Bertz CT molecular complexity index is 889. The number of nitrogens with one attached hydrogen (secondary N) is 1. The molecule has 0 aliphatic carbocycles. The molecule has 0 radical (unpaired) electrons. The van der Waals surface area contributed by atoms with Gasteiger partial charge < -0.3 is 24.6 Å². The maximum atomic E-state index is 14.1. The van der Waals surface area contributed by atoms with E-state index in [2.05, 4.69) is 25.4 Å². The van der Waals surface area contributed by atoms with Gasteiger partial charge in [-0.15, -0.1) is 10.2 Å². The molecule has 1 fully saturated rings. The first-order chi connectivity index (χ1) is 15.0. The van der Waals surface area contributed by atoms with Gasteiger partial charge in [0.25, 0.3) is 0 Å². The summed E-state index contributed by atoms with van der Waals surface area (Å²) >= 11 is 0. The maximum absolute atomic E-state index is 14.1. The molecule has 3 rings (SSSR count). The summed E-state index contributed by atoms with van der Waals surface area (Å²) in [5.74, 6) is 1.35. The number of guanidine groups is 1. The number of aliphatic imine (C=N–C) groups is 1. The summed E-state index contributed by atoms with van der Waals surface area (Å²) < 4.78 is 16.1. The molecule has 168 valence electrons. The predicted octanol–water partition coefficient (Wildman–Crippen LogP) is 0.836. The first kappa shape index (κ1) is 22.5. The summed E-state index contributed by atoms with van der Waals surface area (Å²) in [6.45, 7) is 6.17. The topological polar surface area (TPSA) is 81.9 Å². The molecule has 0 unspecified atom stereocenters. The standard InChI is InChI=1S/C21H31FN8O/c1-4-19-26-25-16-30(19)10-9-23-21(24-15-20(31)27(2)3)29-13-11-28(12-14-29)18-8-6-5-7-17(18)22/h5-8,16H,4,9-15H2,1-3H3,(H,23,24). The number of aromatic nitrogens is 3. The molecule has 1 aliphatic heterocycles. The lowest BCUT2D eigenvalue weighted by molar-refractivity contribution is -0.127. The highest BCUT2D eigenvalue weighted by atomic mass is 19.1. The fraction of sp³-hybridized carbons (Fsp3) is 0.524. The normalized spacial score (nSPS) is 14.6. The fourth-order valence-electron chi connectivity index (χ4n) is 3.45. The lowest BCUT2D eigenvalue weighted by Gasteiger charge is -2.38. The number of rotatable bonds is 7. The Kier molecular flexibility index (Phi) is 7.80. The van der Waals surface area contributed by atoms with E-state index >= 15 is 0 Å². The van der Waals surface area contributed by atoms with E-state index in [0.29, 0.717) is 50.9 Å². The van der Waals surface area contributed by atoms with Gasteiger partial charge in [-0.3, -0.25) is 4.79 Å². The molecule has 31 heavy (non-hydrogen) atoms. The predicted molar refractivity (Wildman–Crippen MR) is 119 cm³/mol. The van der Waals surface area contributed by atoms with Crippen molar-refractivity contribution in [1.82, 2.24) is 29.9 Å². The van der Waals surface area contributed by atoms with Crippen molar-refractivity contribution in [3.8, 4) is 0 Å². The first-order valence-corrected chi connectivity index (χ1v) is 10.6. The van der Waals surface area contributed by atoms with E-state index in [1.807, 2.05) is 22.5 Å². The minimum absolute atomic E-state index is 0.0589. The molecule has 1 saturated heterocycles. The van der Waals surface area contributed by atoms with E-state index in [1.54, 1.807) is 32.6 Å². The van der Waals surface area contributed by atoms with Crippen LogP contribution in [-0.4, -0.2) is 89.8 Å². The van der Waals surface area contributed by atoms with Gasteiger partial charge in [0, 0.05) is 59.8 Å². The van der Waals surface area contributed by atoms with Gasteiger partial charge in [-0.1, -0.05) is 19.1 Å². The summed E-state index contributed by atoms with van der Waals surface area (Å²) in [6, 6.07) is 6.84. The number of aryl methyl sites for hydroxylation is 1. The van der Waals surface area contributed by atoms with Crippen molar-refractivity contribution >= 4 is 17.6 Å². The first-order valence-electron chi connectivity index (χ1n) is 10.6. The van der Waals surface area contributed by atoms with Crippen molar-refractivity contribution in [2.75, 3.05) is 58.3 Å². The summed E-state index contributed by atoms with van der Waals surface area (Å²) in [4.78, 5) is 22.3. The van der Waals surface area contributed by atoms with Gasteiger partial charge in [0.2, 0.25) is 5.91 Å². The molecule has 2 heterocycles. The summed E-state index contributed by atoms with van der Waals surface area (Å²) in [5, 5.41) is 11.4. The Labute approximate surface area is 182 Å². The molecule has 1 N–H and O–H groups in total. The Balaban J connectivity index is 1.63. The van der Waals surface area contributed by atoms with Crippen LogP contribution < -0.4 is 10.2 Å². The number of carbonyl (C=O) groups excluding carboxylic acids is 1. The van der Waals surface area contributed by atoms with E-state index < -0.39 is 0 Å². The van der Waals surface area contributed by atoms with Crippen LogP contribution in [0.5, 0.6) is 0 Å². The van der Waals surface area contributed by atoms with Crippen molar-refractivity contribution in [3.63, 3.8) is 0 Å². The molecule has 0 bridgehead atoms. The molecular formula is C21H31FN8O. The van der Waals surface area contributed by atoms with Gasteiger partial charge in [-0.05, 0) is 12.1 Å². The van der Waals surface area contributed by atoms with Crippen molar-refractivity contribution in [1.29, 1.82) is 0 Å². The number of amides is 1. The minimum Gasteiger partial charge on any atom is -0.366 e. The van der Waals surface area contributed by atoms with Crippen LogP contribution in [0.15, 0.2) is 35.6 Å². The van der Waals surface area contributed by atoms with E-state index in [4.69, 9.17) is 0 Å². The van der Waals surface area contributed by atoms with E-state index in [-0.39, 0.29) is 18.3 Å². The van der Waals surface area contributed by atoms with E-state index in [1.165, 1.54) is 11.0 Å². The zero-order valence-electron chi connectivity index (χ0n) is 18.5. The third-order valence-electron chi connectivity index (χ3n) is 5.28. The van der Waals surface area contributed by atoms with Gasteiger partial charge in [-0.25, -0.2) is 9.38 Å². The van der Waals surface area contributed by atoms with Crippen LogP contribution in [0, 0.1) is 5.82 Å². The third kappa shape index (κ3) is 5.93. The molecule has 0 atom stereocenters. The molecule has 10 heteroatoms. The third-order valence-corrected chi connectivity index (χ3v) is 5.28. The van der Waals surface area contributed by atoms with Crippen molar-refractivity contribution < 1.29 is 9.18 Å². The van der Waals surface area contributed by atoms with Gasteiger partial charge in [0.15, 0.2) is 5.96 Å². The molecule has 1 amide bonds. The monoisotopic (exact) mass is 430 g/mol. The Morgan fingerprint density at radius 2 is 1.97 bits per heavy atom. The number of nitrogens with zero attached hydrogens (tertiary/aromatic N) is 7. The number of halogens is 1. The summed E-state index contributed by atoms with van der Waals surface area (Å²) in [6.07, 6.45) is 2.54. The molecular weight excluding hydrogens is 399 g/mol.